The summed E-state index contributed by atoms with van der Waals surface area (Å²) in [5, 5.41) is 2.94. The first-order chi connectivity index (χ1) is 8.97. The van der Waals surface area contributed by atoms with E-state index < -0.39 is 11.7 Å². The molecule has 3 N–H and O–H groups in total. The molecule has 0 spiro atoms. The molecule has 0 saturated heterocycles. The normalized spacial score (nSPS) is 10.3. The molecular formula is C14H12ClFN2O. The number of amides is 1. The van der Waals surface area contributed by atoms with Crippen molar-refractivity contribution in [2.75, 3.05) is 11.1 Å². The molecule has 0 radical (unpaired) electrons. The average molecular weight is 279 g/mol. The summed E-state index contributed by atoms with van der Waals surface area (Å²) in [6, 6.07) is 8.99. The second-order valence-electron chi connectivity index (χ2n) is 4.16. The van der Waals surface area contributed by atoms with Crippen molar-refractivity contribution in [2.45, 2.75) is 6.92 Å². The number of nitrogen functional groups attached to an aromatic ring is 1. The maximum Gasteiger partial charge on any atom is 0.257 e. The summed E-state index contributed by atoms with van der Waals surface area (Å²) in [6.07, 6.45) is 0. The Morgan fingerprint density at radius 2 is 2.05 bits per heavy atom. The van der Waals surface area contributed by atoms with Crippen LogP contribution >= 0.6 is 11.6 Å². The highest BCUT2D eigenvalue weighted by Gasteiger charge is 2.12. The van der Waals surface area contributed by atoms with E-state index in [0.29, 0.717) is 16.3 Å². The predicted molar refractivity (Wildman–Crippen MR) is 75.0 cm³/mol. The van der Waals surface area contributed by atoms with Crippen molar-refractivity contribution in [1.29, 1.82) is 0 Å². The standard InChI is InChI=1S/C14H12ClFN2O/c1-8-3-2-4-12(13(8)15)14(19)18-11-6-9(16)5-10(17)7-11/h2-7H,17H2,1H3,(H,18,19). The van der Waals surface area contributed by atoms with Crippen molar-refractivity contribution in [1.82, 2.24) is 0 Å². The number of aryl methyl sites for hydroxylation is 1. The molecule has 2 aromatic carbocycles. The third-order valence-corrected chi connectivity index (χ3v) is 3.12. The minimum Gasteiger partial charge on any atom is -0.399 e. The van der Waals surface area contributed by atoms with Crippen molar-refractivity contribution in [2.24, 2.45) is 0 Å². The van der Waals surface area contributed by atoms with Gasteiger partial charge in [-0.05, 0) is 36.8 Å². The van der Waals surface area contributed by atoms with Crippen LogP contribution in [0.15, 0.2) is 36.4 Å². The Morgan fingerprint density at radius 3 is 2.74 bits per heavy atom. The highest BCUT2D eigenvalue weighted by Crippen LogP contribution is 2.22. The molecule has 98 valence electrons. The summed E-state index contributed by atoms with van der Waals surface area (Å²) in [6.45, 7) is 1.80. The number of hydrogen-bond donors (Lipinski definition) is 2. The second-order valence-corrected chi connectivity index (χ2v) is 4.54. The summed E-state index contributed by atoms with van der Waals surface area (Å²) in [7, 11) is 0. The lowest BCUT2D eigenvalue weighted by Gasteiger charge is -2.09. The van der Waals surface area contributed by atoms with Crippen molar-refractivity contribution in [3.05, 3.63) is 58.4 Å². The smallest absolute Gasteiger partial charge is 0.257 e. The number of anilines is 2. The Bertz CT molecular complexity index is 623. The van der Waals surface area contributed by atoms with E-state index in [4.69, 9.17) is 17.3 Å². The molecule has 0 aromatic heterocycles. The molecule has 0 aliphatic heterocycles. The molecule has 0 atom stereocenters. The van der Waals surface area contributed by atoms with E-state index in [1.165, 1.54) is 18.2 Å². The van der Waals surface area contributed by atoms with E-state index >= 15 is 0 Å². The van der Waals surface area contributed by atoms with Crippen molar-refractivity contribution in [3.63, 3.8) is 0 Å². The van der Waals surface area contributed by atoms with E-state index in [0.717, 1.165) is 5.56 Å². The Balaban J connectivity index is 2.28. The molecule has 0 saturated carbocycles. The van der Waals surface area contributed by atoms with Gasteiger partial charge in [-0.3, -0.25) is 4.79 Å². The first kappa shape index (κ1) is 13.4. The summed E-state index contributed by atoms with van der Waals surface area (Å²) < 4.78 is 13.2. The average Bonchev–Trinajstić information content (AvgIpc) is 2.31. The minimum atomic E-state index is -0.509. The maximum absolute atomic E-state index is 13.2. The van der Waals surface area contributed by atoms with Crippen LogP contribution in [0.1, 0.15) is 15.9 Å². The van der Waals surface area contributed by atoms with Crippen LogP contribution in [0.2, 0.25) is 5.02 Å². The summed E-state index contributed by atoms with van der Waals surface area (Å²) in [5.74, 6) is -0.913. The molecular weight excluding hydrogens is 267 g/mol. The second kappa shape index (κ2) is 5.28. The number of carbonyl (C=O) groups excluding carboxylic acids is 1. The highest BCUT2D eigenvalue weighted by molar-refractivity contribution is 6.35. The van der Waals surface area contributed by atoms with Crippen molar-refractivity contribution >= 4 is 28.9 Å². The molecule has 0 heterocycles. The van der Waals surface area contributed by atoms with Crippen LogP contribution in [0.5, 0.6) is 0 Å². The van der Waals surface area contributed by atoms with Crippen LogP contribution in [0.3, 0.4) is 0 Å². The van der Waals surface area contributed by atoms with Gasteiger partial charge in [0, 0.05) is 11.4 Å². The molecule has 0 bridgehead atoms. The number of halogens is 2. The number of nitrogens with two attached hydrogens (primary N) is 1. The topological polar surface area (TPSA) is 55.1 Å². The van der Waals surface area contributed by atoms with E-state index in [9.17, 15) is 9.18 Å². The Morgan fingerprint density at radius 1 is 1.32 bits per heavy atom. The van der Waals surface area contributed by atoms with E-state index in [-0.39, 0.29) is 5.69 Å². The van der Waals surface area contributed by atoms with Gasteiger partial charge in [0.25, 0.3) is 5.91 Å². The molecule has 3 nitrogen and oxygen atoms in total. The first-order valence-electron chi connectivity index (χ1n) is 5.60. The first-order valence-corrected chi connectivity index (χ1v) is 5.97. The van der Waals surface area contributed by atoms with Crippen LogP contribution in [-0.4, -0.2) is 5.91 Å². The third-order valence-electron chi connectivity index (χ3n) is 2.61. The monoisotopic (exact) mass is 278 g/mol. The quantitative estimate of drug-likeness (QED) is 0.824. The summed E-state index contributed by atoms with van der Waals surface area (Å²) >= 11 is 6.06. The lowest BCUT2D eigenvalue weighted by Crippen LogP contribution is -2.13. The largest absolute Gasteiger partial charge is 0.399 e. The van der Waals surface area contributed by atoms with Gasteiger partial charge >= 0.3 is 0 Å². The van der Waals surface area contributed by atoms with Gasteiger partial charge in [0.2, 0.25) is 0 Å². The van der Waals surface area contributed by atoms with Gasteiger partial charge in [0.05, 0.1) is 10.6 Å². The van der Waals surface area contributed by atoms with Gasteiger partial charge in [0.15, 0.2) is 0 Å². The Hall–Kier alpha value is -2.07. The number of rotatable bonds is 2. The zero-order valence-corrected chi connectivity index (χ0v) is 11.0. The maximum atomic E-state index is 13.2. The highest BCUT2D eigenvalue weighted by atomic mass is 35.5. The SMILES string of the molecule is Cc1cccc(C(=O)Nc2cc(N)cc(F)c2)c1Cl. The van der Waals surface area contributed by atoms with Gasteiger partial charge < -0.3 is 11.1 Å². The number of nitrogens with one attached hydrogen (secondary N) is 1. The van der Waals surface area contributed by atoms with Gasteiger partial charge in [-0.2, -0.15) is 0 Å². The molecule has 0 fully saturated rings. The van der Waals surface area contributed by atoms with Crippen LogP contribution < -0.4 is 11.1 Å². The molecule has 1 amide bonds. The number of carbonyl (C=O) groups is 1. The predicted octanol–water partition coefficient (Wildman–Crippen LogP) is 3.62. The van der Waals surface area contributed by atoms with Gasteiger partial charge in [-0.1, -0.05) is 23.7 Å². The fourth-order valence-corrected chi connectivity index (χ4v) is 1.92. The number of hydrogen-bond acceptors (Lipinski definition) is 2. The van der Waals surface area contributed by atoms with Crippen LogP contribution in [0, 0.1) is 12.7 Å². The van der Waals surface area contributed by atoms with Crippen molar-refractivity contribution < 1.29 is 9.18 Å². The zero-order valence-electron chi connectivity index (χ0n) is 10.2. The van der Waals surface area contributed by atoms with Crippen molar-refractivity contribution in [3.8, 4) is 0 Å². The lowest BCUT2D eigenvalue weighted by molar-refractivity contribution is 0.102. The molecule has 0 aliphatic rings. The van der Waals surface area contributed by atoms with E-state index in [2.05, 4.69) is 5.32 Å². The van der Waals surface area contributed by atoms with E-state index in [1.807, 2.05) is 0 Å². The van der Waals surface area contributed by atoms with Crippen LogP contribution in [0.25, 0.3) is 0 Å². The Labute approximate surface area is 115 Å². The minimum absolute atomic E-state index is 0.241. The summed E-state index contributed by atoms with van der Waals surface area (Å²) in [4.78, 5) is 12.1. The van der Waals surface area contributed by atoms with E-state index in [1.54, 1.807) is 25.1 Å². The number of benzene rings is 2. The van der Waals surface area contributed by atoms with Gasteiger partial charge in [0.1, 0.15) is 5.82 Å². The summed E-state index contributed by atoms with van der Waals surface area (Å²) in [5.41, 5.74) is 7.18. The molecule has 2 aromatic rings. The molecule has 19 heavy (non-hydrogen) atoms. The van der Waals surface area contributed by atoms with Gasteiger partial charge in [-0.25, -0.2) is 4.39 Å². The molecule has 2 rings (SSSR count). The van der Waals surface area contributed by atoms with Crippen LogP contribution in [-0.2, 0) is 0 Å². The molecule has 5 heteroatoms. The molecule has 0 aliphatic carbocycles. The fraction of sp³-hybridized carbons (Fsp3) is 0.0714. The fourth-order valence-electron chi connectivity index (χ4n) is 1.71. The van der Waals surface area contributed by atoms with Crippen LogP contribution in [0.4, 0.5) is 15.8 Å². The third kappa shape index (κ3) is 3.03. The molecule has 0 unspecified atom stereocenters. The lowest BCUT2D eigenvalue weighted by atomic mass is 10.1. The Kier molecular flexibility index (Phi) is 3.71. The van der Waals surface area contributed by atoms with Gasteiger partial charge in [-0.15, -0.1) is 0 Å². The zero-order chi connectivity index (χ0) is 14.0.